The second kappa shape index (κ2) is 7.86. The van der Waals surface area contributed by atoms with E-state index in [-0.39, 0.29) is 24.7 Å². The van der Waals surface area contributed by atoms with Crippen LogP contribution in [0.2, 0.25) is 0 Å². The number of rotatable bonds is 6. The van der Waals surface area contributed by atoms with E-state index >= 15 is 0 Å². The minimum absolute atomic E-state index is 0. The number of halogens is 1. The van der Waals surface area contributed by atoms with Crippen LogP contribution in [0.3, 0.4) is 0 Å². The van der Waals surface area contributed by atoms with Gasteiger partial charge in [0.2, 0.25) is 0 Å². The maximum absolute atomic E-state index is 10.7. The number of nitro benzene ring substituents is 1. The third-order valence-electron chi connectivity index (χ3n) is 2.40. The van der Waals surface area contributed by atoms with Gasteiger partial charge in [-0.05, 0) is 13.1 Å². The van der Waals surface area contributed by atoms with E-state index in [1.54, 1.807) is 6.07 Å². The lowest BCUT2D eigenvalue weighted by molar-refractivity contribution is -0.384. The molecular weight excluding hydrogens is 260 g/mol. The predicted octanol–water partition coefficient (Wildman–Crippen LogP) is 1.45. The summed E-state index contributed by atoms with van der Waals surface area (Å²) in [7, 11) is 3.35. The van der Waals surface area contributed by atoms with Crippen LogP contribution in [0, 0.1) is 10.1 Å². The van der Waals surface area contributed by atoms with Crippen molar-refractivity contribution in [3.8, 4) is 5.75 Å². The summed E-state index contributed by atoms with van der Waals surface area (Å²) in [6, 6.07) is 4.49. The van der Waals surface area contributed by atoms with E-state index in [0.29, 0.717) is 18.8 Å². The fourth-order valence-corrected chi connectivity index (χ4v) is 1.54. The maximum atomic E-state index is 10.7. The van der Waals surface area contributed by atoms with Crippen molar-refractivity contribution in [2.45, 2.75) is 6.54 Å². The van der Waals surface area contributed by atoms with Crippen molar-refractivity contribution in [2.75, 3.05) is 27.3 Å². The molecule has 0 radical (unpaired) electrons. The van der Waals surface area contributed by atoms with Crippen molar-refractivity contribution in [2.24, 2.45) is 0 Å². The summed E-state index contributed by atoms with van der Waals surface area (Å²) in [5, 5.41) is 19.5. The van der Waals surface area contributed by atoms with Gasteiger partial charge in [-0.3, -0.25) is 15.0 Å². The smallest absolute Gasteiger partial charge is 0.270 e. The average Bonchev–Trinajstić information content (AvgIpc) is 2.29. The molecule has 0 heterocycles. The Balaban J connectivity index is 0.00000289. The number of aliphatic hydroxyl groups is 1. The van der Waals surface area contributed by atoms with Crippen LogP contribution in [0.15, 0.2) is 18.2 Å². The first-order valence-electron chi connectivity index (χ1n) is 5.19. The van der Waals surface area contributed by atoms with Crippen LogP contribution in [0.25, 0.3) is 0 Å². The van der Waals surface area contributed by atoms with Crippen LogP contribution in [0.5, 0.6) is 5.75 Å². The fraction of sp³-hybridized carbons (Fsp3) is 0.455. The lowest BCUT2D eigenvalue weighted by Gasteiger charge is -2.16. The Labute approximate surface area is 112 Å². The highest BCUT2D eigenvalue weighted by Gasteiger charge is 2.12. The standard InChI is InChI=1S/C11H16N2O4.ClH/c1-12(5-6-14)8-9-7-10(13(15)16)3-4-11(9)17-2;/h3-4,7,14H,5-6,8H2,1-2H3;1H. The minimum atomic E-state index is -0.436. The third kappa shape index (κ3) is 4.48. The number of aliphatic hydroxyl groups excluding tert-OH is 1. The lowest BCUT2D eigenvalue weighted by Crippen LogP contribution is -2.21. The molecule has 0 aliphatic rings. The molecule has 0 fully saturated rings. The first kappa shape index (κ1) is 16.6. The molecule has 0 aliphatic carbocycles. The molecule has 102 valence electrons. The van der Waals surface area contributed by atoms with Gasteiger partial charge in [-0.25, -0.2) is 0 Å². The van der Waals surface area contributed by atoms with Crippen LogP contribution in [0.4, 0.5) is 5.69 Å². The van der Waals surface area contributed by atoms with Gasteiger partial charge in [-0.2, -0.15) is 0 Å². The average molecular weight is 277 g/mol. The number of methoxy groups -OCH3 is 1. The first-order chi connectivity index (χ1) is 8.08. The summed E-state index contributed by atoms with van der Waals surface area (Å²) in [6.07, 6.45) is 0. The normalized spacial score (nSPS) is 10.0. The zero-order valence-corrected chi connectivity index (χ0v) is 11.1. The van der Waals surface area contributed by atoms with Crippen molar-refractivity contribution in [3.63, 3.8) is 0 Å². The topological polar surface area (TPSA) is 75.8 Å². The second-order valence-corrected chi connectivity index (χ2v) is 3.71. The number of benzene rings is 1. The van der Waals surface area contributed by atoms with Crippen molar-refractivity contribution in [1.82, 2.24) is 4.90 Å². The molecule has 1 aromatic carbocycles. The highest BCUT2D eigenvalue weighted by atomic mass is 35.5. The molecule has 7 heteroatoms. The number of non-ortho nitro benzene ring substituents is 1. The van der Waals surface area contributed by atoms with E-state index in [9.17, 15) is 10.1 Å². The molecule has 18 heavy (non-hydrogen) atoms. The molecule has 0 spiro atoms. The Morgan fingerprint density at radius 3 is 2.67 bits per heavy atom. The Kier molecular flexibility index (Phi) is 7.26. The van der Waals surface area contributed by atoms with Crippen LogP contribution in [-0.2, 0) is 6.54 Å². The lowest BCUT2D eigenvalue weighted by atomic mass is 10.1. The number of nitrogens with zero attached hydrogens (tertiary/aromatic N) is 2. The van der Waals surface area contributed by atoms with E-state index in [1.165, 1.54) is 19.2 Å². The van der Waals surface area contributed by atoms with Gasteiger partial charge in [-0.15, -0.1) is 12.4 Å². The molecule has 0 saturated heterocycles. The van der Waals surface area contributed by atoms with Gasteiger partial charge >= 0.3 is 0 Å². The zero-order valence-electron chi connectivity index (χ0n) is 10.3. The molecule has 0 saturated carbocycles. The summed E-state index contributed by atoms with van der Waals surface area (Å²) in [4.78, 5) is 12.1. The highest BCUT2D eigenvalue weighted by molar-refractivity contribution is 5.85. The third-order valence-corrected chi connectivity index (χ3v) is 2.40. The predicted molar refractivity (Wildman–Crippen MR) is 70.3 cm³/mol. The van der Waals surface area contributed by atoms with E-state index < -0.39 is 4.92 Å². The molecule has 1 N–H and O–H groups in total. The number of hydrogen-bond acceptors (Lipinski definition) is 5. The molecule has 0 amide bonds. The van der Waals surface area contributed by atoms with Gasteiger partial charge < -0.3 is 9.84 Å². The molecule has 0 atom stereocenters. The quantitative estimate of drug-likeness (QED) is 0.629. The van der Waals surface area contributed by atoms with Crippen LogP contribution in [-0.4, -0.2) is 42.2 Å². The van der Waals surface area contributed by atoms with Crippen LogP contribution in [0.1, 0.15) is 5.56 Å². The Hall–Kier alpha value is -1.37. The number of nitro groups is 1. The van der Waals surface area contributed by atoms with Crippen molar-refractivity contribution < 1.29 is 14.8 Å². The molecule has 0 aromatic heterocycles. The number of likely N-dealkylation sites (N-methyl/N-ethyl adjacent to an activating group) is 1. The van der Waals surface area contributed by atoms with E-state index in [2.05, 4.69) is 0 Å². The summed E-state index contributed by atoms with van der Waals surface area (Å²) in [5.74, 6) is 0.611. The van der Waals surface area contributed by atoms with Crippen molar-refractivity contribution in [1.29, 1.82) is 0 Å². The van der Waals surface area contributed by atoms with Gasteiger partial charge in [0, 0.05) is 30.8 Å². The van der Waals surface area contributed by atoms with Gasteiger partial charge in [-0.1, -0.05) is 0 Å². The van der Waals surface area contributed by atoms with Crippen molar-refractivity contribution >= 4 is 18.1 Å². The Morgan fingerprint density at radius 2 is 2.17 bits per heavy atom. The second-order valence-electron chi connectivity index (χ2n) is 3.71. The summed E-state index contributed by atoms with van der Waals surface area (Å²) in [6.45, 7) is 1.05. The first-order valence-corrected chi connectivity index (χ1v) is 5.19. The van der Waals surface area contributed by atoms with Crippen molar-refractivity contribution in [3.05, 3.63) is 33.9 Å². The Morgan fingerprint density at radius 1 is 1.50 bits per heavy atom. The van der Waals surface area contributed by atoms with E-state index in [0.717, 1.165) is 5.56 Å². The molecule has 1 rings (SSSR count). The summed E-state index contributed by atoms with van der Waals surface area (Å²) in [5.41, 5.74) is 0.774. The van der Waals surface area contributed by atoms with Gasteiger partial charge in [0.15, 0.2) is 0 Å². The van der Waals surface area contributed by atoms with Crippen LogP contribution >= 0.6 is 12.4 Å². The SMILES string of the molecule is COc1ccc([N+](=O)[O-])cc1CN(C)CCO.Cl. The fourth-order valence-electron chi connectivity index (χ4n) is 1.54. The zero-order chi connectivity index (χ0) is 12.8. The summed E-state index contributed by atoms with van der Waals surface area (Å²) >= 11 is 0. The summed E-state index contributed by atoms with van der Waals surface area (Å²) < 4.78 is 5.15. The maximum Gasteiger partial charge on any atom is 0.270 e. The molecule has 0 bridgehead atoms. The molecule has 1 aromatic rings. The molecular formula is C11H17ClN2O4. The van der Waals surface area contributed by atoms with Crippen LogP contribution < -0.4 is 4.74 Å². The molecule has 0 aliphatic heterocycles. The minimum Gasteiger partial charge on any atom is -0.496 e. The monoisotopic (exact) mass is 276 g/mol. The van der Waals surface area contributed by atoms with Gasteiger partial charge in [0.05, 0.1) is 18.6 Å². The van der Waals surface area contributed by atoms with E-state index in [1.807, 2.05) is 11.9 Å². The number of ether oxygens (including phenoxy) is 1. The molecule has 6 nitrogen and oxygen atoms in total. The molecule has 0 unspecified atom stereocenters. The largest absolute Gasteiger partial charge is 0.496 e. The van der Waals surface area contributed by atoms with Gasteiger partial charge in [0.25, 0.3) is 5.69 Å². The Bertz CT molecular complexity index is 401. The number of hydrogen-bond donors (Lipinski definition) is 1. The van der Waals surface area contributed by atoms with Gasteiger partial charge in [0.1, 0.15) is 5.75 Å². The highest BCUT2D eigenvalue weighted by Crippen LogP contribution is 2.24. The van der Waals surface area contributed by atoms with E-state index in [4.69, 9.17) is 9.84 Å².